The van der Waals surface area contributed by atoms with Crippen LogP contribution in [-0.4, -0.2) is 17.6 Å². The summed E-state index contributed by atoms with van der Waals surface area (Å²) in [7, 11) is 0. The van der Waals surface area contributed by atoms with E-state index in [9.17, 15) is 0 Å². The molecule has 0 fully saturated rings. The predicted molar refractivity (Wildman–Crippen MR) is 9.35 cm³/mol. The van der Waals surface area contributed by atoms with Crippen molar-refractivity contribution in [3.63, 3.8) is 0 Å². The van der Waals surface area contributed by atoms with Gasteiger partial charge in [0.1, 0.15) is 0 Å². The van der Waals surface area contributed by atoms with Crippen molar-refractivity contribution in [3.8, 4) is 0 Å². The average molecular weight is 252 g/mol. The van der Waals surface area contributed by atoms with Crippen LogP contribution in [0.15, 0.2) is 0 Å². The van der Waals surface area contributed by atoms with Gasteiger partial charge >= 0.3 is 51.8 Å². The van der Waals surface area contributed by atoms with E-state index in [0.717, 1.165) is 0 Å². The third-order valence-electron chi connectivity index (χ3n) is 0. The summed E-state index contributed by atoms with van der Waals surface area (Å²) in [6, 6.07) is 0. The molecule has 6 heteroatoms. The van der Waals surface area contributed by atoms with Gasteiger partial charge in [-0.25, -0.2) is 0 Å². The summed E-state index contributed by atoms with van der Waals surface area (Å²) in [5.74, 6) is 0. The summed E-state index contributed by atoms with van der Waals surface area (Å²) in [6.45, 7) is 0. The summed E-state index contributed by atoms with van der Waals surface area (Å²) in [4.78, 5) is 0. The zero-order valence-electron chi connectivity index (χ0n) is 2.38. The van der Waals surface area contributed by atoms with Gasteiger partial charge in [-0.05, 0) is 0 Å². The fourth-order valence-electron chi connectivity index (χ4n) is 0. The molecule has 0 saturated heterocycles. The molecule has 0 aromatic carbocycles. The summed E-state index contributed by atoms with van der Waals surface area (Å²) < 4.78 is 33.1. The molecule has 0 heterocycles. The van der Waals surface area contributed by atoms with Crippen LogP contribution in [0.25, 0.3) is 0 Å². The van der Waals surface area contributed by atoms with Crippen LogP contribution in [0, 0.1) is 0 Å². The number of rotatable bonds is 0. The fourth-order valence-corrected chi connectivity index (χ4v) is 0. The van der Waals surface area contributed by atoms with E-state index in [2.05, 4.69) is 0 Å². The Morgan fingerprint density at radius 1 is 1.50 bits per heavy atom. The van der Waals surface area contributed by atoms with Gasteiger partial charge in [-0.3, -0.25) is 0 Å². The quantitative estimate of drug-likeness (QED) is 0.489. The molecule has 1 N–H and O–H groups in total. The first-order chi connectivity index (χ1) is 2.00. The van der Waals surface area contributed by atoms with Crippen molar-refractivity contribution in [2.24, 2.45) is 0 Å². The van der Waals surface area contributed by atoms with Crippen molar-refractivity contribution >= 4 is 13.4 Å². The fraction of sp³-hybridized carbons (Fsp3) is 0. The summed E-state index contributed by atoms with van der Waals surface area (Å²) >= 11 is -5.50. The van der Waals surface area contributed by atoms with Gasteiger partial charge < -0.3 is 0 Å². The van der Waals surface area contributed by atoms with Gasteiger partial charge in [0, 0.05) is 0 Å². The van der Waals surface area contributed by atoms with E-state index >= 15 is 0 Å². The largest absolute Gasteiger partial charge is 1.00 e. The molecule has 0 unspecified atom stereocenters. The molecule has 4 nitrogen and oxygen atoms in total. The minimum Gasteiger partial charge on any atom is 1.00 e. The van der Waals surface area contributed by atoms with E-state index in [4.69, 9.17) is 16.0 Å². The first-order valence-electron chi connectivity index (χ1n) is 0.683. The van der Waals surface area contributed by atoms with Crippen LogP contribution in [0.1, 0.15) is 0 Å². The minimum atomic E-state index is -5.50. The van der Waals surface area contributed by atoms with Crippen molar-refractivity contribution in [2.45, 2.75) is 0 Å². The molecule has 0 aromatic rings. The van der Waals surface area contributed by atoms with Crippen LogP contribution in [0.5, 0.6) is 0 Å². The molecular formula is HAgO4Se. The van der Waals surface area contributed by atoms with Crippen molar-refractivity contribution < 1.29 is 38.4 Å². The third-order valence-corrected chi connectivity index (χ3v) is 0. The first-order valence-corrected chi connectivity index (χ1v) is 3.55. The van der Waals surface area contributed by atoms with Crippen LogP contribution in [-0.2, 0) is 30.0 Å². The second kappa shape index (κ2) is 2.87. The molecule has 0 aliphatic heterocycles. The van der Waals surface area contributed by atoms with Gasteiger partial charge in [-0.1, -0.05) is 0 Å². The Morgan fingerprint density at radius 3 is 1.50 bits per heavy atom. The van der Waals surface area contributed by atoms with Gasteiger partial charge in [0.05, 0.1) is 0 Å². The first kappa shape index (κ1) is 9.91. The molecule has 0 aliphatic carbocycles. The molecule has 0 radical (unpaired) electrons. The van der Waals surface area contributed by atoms with Gasteiger partial charge in [-0.15, -0.1) is 0 Å². The Labute approximate surface area is 52.0 Å². The second-order valence-electron chi connectivity index (χ2n) is 0.428. The molecule has 0 atom stereocenters. The van der Waals surface area contributed by atoms with Gasteiger partial charge in [0.15, 0.2) is 0 Å². The number of hydrogen-bond donors (Lipinski definition) is 1. The van der Waals surface area contributed by atoms with Crippen LogP contribution < -0.4 is 4.19 Å². The zero-order valence-corrected chi connectivity index (χ0v) is 5.58. The van der Waals surface area contributed by atoms with Crippen molar-refractivity contribution in [3.05, 3.63) is 0 Å². The van der Waals surface area contributed by atoms with E-state index in [1.807, 2.05) is 0 Å². The minimum absolute atomic E-state index is 0. The molecule has 0 bridgehead atoms. The predicted octanol–water partition coefficient (Wildman–Crippen LogP) is -2.37. The smallest absolute Gasteiger partial charge is 1.00 e. The summed E-state index contributed by atoms with van der Waals surface area (Å²) in [5.41, 5.74) is 0. The van der Waals surface area contributed by atoms with E-state index in [-0.39, 0.29) is 22.4 Å². The second-order valence-corrected chi connectivity index (χ2v) is 2.22. The van der Waals surface area contributed by atoms with Crippen molar-refractivity contribution in [1.29, 1.82) is 0 Å². The Morgan fingerprint density at radius 2 is 1.50 bits per heavy atom. The Balaban J connectivity index is 0. The third kappa shape index (κ3) is 112. The molecule has 0 amide bonds. The van der Waals surface area contributed by atoms with E-state index < -0.39 is 13.4 Å². The van der Waals surface area contributed by atoms with Gasteiger partial charge in [-0.2, -0.15) is 0 Å². The maximum atomic E-state index is 8.70. The van der Waals surface area contributed by atoms with Crippen LogP contribution in [0.2, 0.25) is 0 Å². The van der Waals surface area contributed by atoms with Crippen molar-refractivity contribution in [2.75, 3.05) is 0 Å². The molecular weight excluding hydrogens is 251 g/mol. The van der Waals surface area contributed by atoms with Crippen LogP contribution in [0.3, 0.4) is 0 Å². The Kier molecular flexibility index (Phi) is 4.75. The average Bonchev–Trinajstić information content (AvgIpc) is 0.722. The van der Waals surface area contributed by atoms with E-state index in [1.54, 1.807) is 0 Å². The summed E-state index contributed by atoms with van der Waals surface area (Å²) in [5, 5.41) is 0. The van der Waals surface area contributed by atoms with E-state index in [0.29, 0.717) is 0 Å². The van der Waals surface area contributed by atoms with Gasteiger partial charge in [0.25, 0.3) is 0 Å². The van der Waals surface area contributed by atoms with Crippen LogP contribution in [0.4, 0.5) is 0 Å². The van der Waals surface area contributed by atoms with Crippen LogP contribution >= 0.6 is 0 Å². The normalized spacial score (nSPS) is 9.67. The van der Waals surface area contributed by atoms with Gasteiger partial charge in [0.2, 0.25) is 0 Å². The molecule has 0 spiro atoms. The Bertz CT molecular complexity index is 90.7. The molecule has 0 saturated carbocycles. The topological polar surface area (TPSA) is 77.4 Å². The number of hydrogen-bond acceptors (Lipinski definition) is 3. The maximum absolute atomic E-state index is 8.70. The summed E-state index contributed by atoms with van der Waals surface area (Å²) in [6.07, 6.45) is 0. The Hall–Kier alpha value is 0.780. The monoisotopic (exact) mass is 252 g/mol. The molecule has 6 heavy (non-hydrogen) atoms. The molecule has 0 aliphatic rings. The maximum Gasteiger partial charge on any atom is 1.00 e. The SMILES string of the molecule is O=[Se](=O)([O-])O.[Ag+]. The zero-order chi connectivity index (χ0) is 4.50. The molecule has 42 valence electrons. The molecule has 0 aromatic heterocycles. The van der Waals surface area contributed by atoms with E-state index in [1.165, 1.54) is 0 Å². The van der Waals surface area contributed by atoms with Crippen molar-refractivity contribution in [1.82, 2.24) is 0 Å². The standard InChI is InChI=1S/Ag.H2O4Se/c;1-5(2,3)4/h;(H2,1,2,3,4)/q+1;/p-1. The molecule has 0 rings (SSSR count).